The lowest BCUT2D eigenvalue weighted by molar-refractivity contribution is 0.0935. The molecule has 1 saturated carbocycles. The first kappa shape index (κ1) is 11.1. The summed E-state index contributed by atoms with van der Waals surface area (Å²) in [6, 6.07) is 5.98. The van der Waals surface area contributed by atoms with Gasteiger partial charge in [-0.15, -0.1) is 0 Å². The summed E-state index contributed by atoms with van der Waals surface area (Å²) in [4.78, 5) is 11.6. The Morgan fingerprint density at radius 3 is 2.88 bits per heavy atom. The molecule has 0 aliphatic heterocycles. The second kappa shape index (κ2) is 4.61. The summed E-state index contributed by atoms with van der Waals surface area (Å²) in [5.74, 6) is -0.134. The van der Waals surface area contributed by atoms with Crippen molar-refractivity contribution in [2.45, 2.75) is 18.9 Å². The van der Waals surface area contributed by atoms with Gasteiger partial charge in [-0.3, -0.25) is 4.79 Å². The average molecular weight is 222 g/mol. The monoisotopic (exact) mass is 222 g/mol. The summed E-state index contributed by atoms with van der Waals surface area (Å²) in [6.07, 6.45) is 1.92. The molecule has 1 fully saturated rings. The lowest BCUT2D eigenvalue weighted by Crippen LogP contribution is -2.42. The highest BCUT2D eigenvalue weighted by Crippen LogP contribution is 2.24. The average Bonchev–Trinajstić information content (AvgIpc) is 2.22. The zero-order valence-corrected chi connectivity index (χ0v) is 8.95. The van der Waals surface area contributed by atoms with E-state index in [4.69, 9.17) is 5.73 Å². The van der Waals surface area contributed by atoms with Crippen LogP contribution in [0.15, 0.2) is 24.3 Å². The fourth-order valence-corrected chi connectivity index (χ4v) is 1.92. The quantitative estimate of drug-likeness (QED) is 0.809. The molecule has 0 bridgehead atoms. The number of nitrogens with two attached hydrogens (primary N) is 1. The van der Waals surface area contributed by atoms with Crippen molar-refractivity contribution in [1.82, 2.24) is 5.32 Å². The van der Waals surface area contributed by atoms with E-state index in [1.165, 1.54) is 18.2 Å². The Labute approximate surface area is 93.8 Å². The molecular formula is C12H15FN2O. The molecule has 2 rings (SSSR count). The highest BCUT2D eigenvalue weighted by atomic mass is 19.1. The predicted molar refractivity (Wildman–Crippen MR) is 59.4 cm³/mol. The molecule has 0 radical (unpaired) electrons. The van der Waals surface area contributed by atoms with Gasteiger partial charge in [-0.05, 0) is 37.0 Å². The summed E-state index contributed by atoms with van der Waals surface area (Å²) in [5, 5.41) is 2.79. The lowest BCUT2D eigenvalue weighted by Gasteiger charge is -2.32. The van der Waals surface area contributed by atoms with Crippen molar-refractivity contribution in [3.8, 4) is 0 Å². The van der Waals surface area contributed by atoms with Crippen molar-refractivity contribution in [2.75, 3.05) is 6.54 Å². The van der Waals surface area contributed by atoms with E-state index in [9.17, 15) is 9.18 Å². The first-order valence-corrected chi connectivity index (χ1v) is 5.44. The van der Waals surface area contributed by atoms with E-state index in [0.29, 0.717) is 18.0 Å². The third kappa shape index (κ3) is 2.58. The van der Waals surface area contributed by atoms with E-state index in [2.05, 4.69) is 5.32 Å². The molecule has 0 saturated heterocycles. The Morgan fingerprint density at radius 1 is 1.50 bits per heavy atom. The van der Waals surface area contributed by atoms with Crippen LogP contribution in [0.5, 0.6) is 0 Å². The van der Waals surface area contributed by atoms with E-state index in [1.807, 2.05) is 0 Å². The topological polar surface area (TPSA) is 55.1 Å². The van der Waals surface area contributed by atoms with Gasteiger partial charge < -0.3 is 11.1 Å². The molecule has 1 amide bonds. The number of hydrogen-bond donors (Lipinski definition) is 2. The summed E-state index contributed by atoms with van der Waals surface area (Å²) in [5.41, 5.74) is 6.01. The van der Waals surface area contributed by atoms with E-state index in [0.717, 1.165) is 12.8 Å². The van der Waals surface area contributed by atoms with Crippen molar-refractivity contribution in [2.24, 2.45) is 11.7 Å². The molecule has 3 N–H and O–H groups in total. The maximum atomic E-state index is 12.9. The lowest BCUT2D eigenvalue weighted by atomic mass is 9.81. The van der Waals surface area contributed by atoms with E-state index in [-0.39, 0.29) is 11.9 Å². The van der Waals surface area contributed by atoms with Crippen molar-refractivity contribution in [3.05, 3.63) is 35.6 Å². The summed E-state index contributed by atoms with van der Waals surface area (Å²) < 4.78 is 12.9. The van der Waals surface area contributed by atoms with Crippen molar-refractivity contribution in [1.29, 1.82) is 0 Å². The molecule has 1 aliphatic rings. The first-order chi connectivity index (χ1) is 7.65. The van der Waals surface area contributed by atoms with E-state index in [1.54, 1.807) is 6.07 Å². The molecular weight excluding hydrogens is 207 g/mol. The number of rotatable bonds is 3. The van der Waals surface area contributed by atoms with Crippen LogP contribution in [-0.2, 0) is 0 Å². The summed E-state index contributed by atoms with van der Waals surface area (Å²) in [6.45, 7) is 0.628. The summed E-state index contributed by atoms with van der Waals surface area (Å²) in [7, 11) is 0. The maximum absolute atomic E-state index is 12.9. The Bertz CT molecular complexity index is 388. The highest BCUT2D eigenvalue weighted by Gasteiger charge is 2.25. The minimum Gasteiger partial charge on any atom is -0.352 e. The molecule has 1 aromatic carbocycles. The molecule has 0 spiro atoms. The maximum Gasteiger partial charge on any atom is 0.251 e. The molecule has 1 aromatic rings. The normalized spacial score (nSPS) is 23.6. The van der Waals surface area contributed by atoms with Gasteiger partial charge in [0.1, 0.15) is 5.82 Å². The van der Waals surface area contributed by atoms with Crippen molar-refractivity contribution < 1.29 is 9.18 Å². The second-order valence-electron chi connectivity index (χ2n) is 4.32. The molecule has 16 heavy (non-hydrogen) atoms. The first-order valence-electron chi connectivity index (χ1n) is 5.44. The Hall–Kier alpha value is -1.42. The predicted octanol–water partition coefficient (Wildman–Crippen LogP) is 1.29. The van der Waals surface area contributed by atoms with Gasteiger partial charge in [0.25, 0.3) is 5.91 Å². The highest BCUT2D eigenvalue weighted by molar-refractivity contribution is 5.94. The van der Waals surface area contributed by atoms with Gasteiger partial charge >= 0.3 is 0 Å². The number of amides is 1. The number of benzene rings is 1. The third-order valence-corrected chi connectivity index (χ3v) is 2.91. The molecule has 0 aromatic heterocycles. The zero-order chi connectivity index (χ0) is 11.5. The minimum atomic E-state index is -0.390. The summed E-state index contributed by atoms with van der Waals surface area (Å²) >= 11 is 0. The van der Waals surface area contributed by atoms with Gasteiger partial charge in [-0.2, -0.15) is 0 Å². The fraction of sp³-hybridized carbons (Fsp3) is 0.417. The molecule has 1 aliphatic carbocycles. The third-order valence-electron chi connectivity index (χ3n) is 2.91. The van der Waals surface area contributed by atoms with Crippen molar-refractivity contribution >= 4 is 5.91 Å². The van der Waals surface area contributed by atoms with Crippen molar-refractivity contribution in [3.63, 3.8) is 0 Å². The standard InChI is InChI=1S/C12H15FN2O/c13-10-3-1-2-9(6-10)12(16)15-7-8-4-11(14)5-8/h1-3,6,8,11H,4-5,7,14H2,(H,15,16). The Balaban J connectivity index is 1.84. The molecule has 86 valence electrons. The Morgan fingerprint density at radius 2 is 2.25 bits per heavy atom. The molecule has 0 unspecified atom stereocenters. The molecule has 0 atom stereocenters. The fourth-order valence-electron chi connectivity index (χ4n) is 1.92. The van der Waals surface area contributed by atoms with Crippen LogP contribution in [0.1, 0.15) is 23.2 Å². The van der Waals surface area contributed by atoms with Gasteiger partial charge in [-0.25, -0.2) is 4.39 Å². The molecule has 0 heterocycles. The van der Waals surface area contributed by atoms with Crippen LogP contribution in [0.25, 0.3) is 0 Å². The van der Waals surface area contributed by atoms with E-state index < -0.39 is 5.82 Å². The number of nitrogens with one attached hydrogen (secondary N) is 1. The van der Waals surface area contributed by atoms with Gasteiger partial charge in [-0.1, -0.05) is 6.07 Å². The molecule has 3 nitrogen and oxygen atoms in total. The van der Waals surface area contributed by atoms with Gasteiger partial charge in [0.05, 0.1) is 0 Å². The number of carbonyl (C=O) groups excluding carboxylic acids is 1. The molecule has 4 heteroatoms. The van der Waals surface area contributed by atoms with Crippen LogP contribution in [-0.4, -0.2) is 18.5 Å². The Kier molecular flexibility index (Phi) is 3.19. The largest absolute Gasteiger partial charge is 0.352 e. The number of carbonyl (C=O) groups is 1. The minimum absolute atomic E-state index is 0.222. The number of hydrogen-bond acceptors (Lipinski definition) is 2. The zero-order valence-electron chi connectivity index (χ0n) is 8.95. The van der Waals surface area contributed by atoms with Gasteiger partial charge in [0.15, 0.2) is 0 Å². The van der Waals surface area contributed by atoms with Crippen LogP contribution in [0, 0.1) is 11.7 Å². The van der Waals surface area contributed by atoms with Crippen LogP contribution in [0.4, 0.5) is 4.39 Å². The van der Waals surface area contributed by atoms with E-state index >= 15 is 0 Å². The van der Waals surface area contributed by atoms with Crippen LogP contribution < -0.4 is 11.1 Å². The van der Waals surface area contributed by atoms with Gasteiger partial charge in [0, 0.05) is 18.2 Å². The van der Waals surface area contributed by atoms with Crippen LogP contribution in [0.3, 0.4) is 0 Å². The van der Waals surface area contributed by atoms with Crippen LogP contribution in [0.2, 0.25) is 0 Å². The smallest absolute Gasteiger partial charge is 0.251 e. The second-order valence-corrected chi connectivity index (χ2v) is 4.32. The van der Waals surface area contributed by atoms with Gasteiger partial charge in [0.2, 0.25) is 0 Å². The van der Waals surface area contributed by atoms with Crippen LogP contribution >= 0.6 is 0 Å². The SMILES string of the molecule is NC1CC(CNC(=O)c2cccc(F)c2)C1. The number of halogens is 1.